The molecule has 0 fully saturated rings. The molecule has 2 heterocycles. The van der Waals surface area contributed by atoms with E-state index in [0.717, 1.165) is 39.1 Å². The lowest BCUT2D eigenvalue weighted by Gasteiger charge is -1.99. The van der Waals surface area contributed by atoms with E-state index in [1.807, 2.05) is 30.3 Å². The number of fused-ring (bicyclic) bond motifs is 1. The van der Waals surface area contributed by atoms with Gasteiger partial charge in [-0.3, -0.25) is 0 Å². The van der Waals surface area contributed by atoms with Crippen LogP contribution in [0.2, 0.25) is 5.02 Å². The SMILES string of the molecule is Clc1ccc2sc(NCCc3ccco3)nc2c1. The number of aromatic nitrogens is 1. The van der Waals surface area contributed by atoms with Gasteiger partial charge in [-0.05, 0) is 30.3 Å². The van der Waals surface area contributed by atoms with E-state index < -0.39 is 0 Å². The van der Waals surface area contributed by atoms with Crippen LogP contribution in [0.4, 0.5) is 5.13 Å². The topological polar surface area (TPSA) is 38.1 Å². The smallest absolute Gasteiger partial charge is 0.183 e. The molecule has 18 heavy (non-hydrogen) atoms. The Hall–Kier alpha value is -1.52. The molecule has 0 atom stereocenters. The summed E-state index contributed by atoms with van der Waals surface area (Å²) in [7, 11) is 0. The van der Waals surface area contributed by atoms with Crippen molar-refractivity contribution < 1.29 is 4.42 Å². The van der Waals surface area contributed by atoms with Crippen molar-refractivity contribution in [3.8, 4) is 0 Å². The van der Waals surface area contributed by atoms with E-state index in [-0.39, 0.29) is 0 Å². The van der Waals surface area contributed by atoms with Gasteiger partial charge in [0.1, 0.15) is 5.76 Å². The van der Waals surface area contributed by atoms with Gasteiger partial charge in [-0.1, -0.05) is 22.9 Å². The molecule has 0 radical (unpaired) electrons. The third-order valence-electron chi connectivity index (χ3n) is 2.58. The second kappa shape index (κ2) is 5.00. The first-order chi connectivity index (χ1) is 8.81. The molecule has 5 heteroatoms. The molecular weight excluding hydrogens is 268 g/mol. The van der Waals surface area contributed by atoms with Gasteiger partial charge in [-0.2, -0.15) is 0 Å². The molecule has 3 nitrogen and oxygen atoms in total. The maximum Gasteiger partial charge on any atom is 0.183 e. The summed E-state index contributed by atoms with van der Waals surface area (Å²) in [5, 5.41) is 4.93. The Bertz CT molecular complexity index is 648. The van der Waals surface area contributed by atoms with E-state index in [1.54, 1.807) is 17.6 Å². The second-order valence-electron chi connectivity index (χ2n) is 3.89. The highest BCUT2D eigenvalue weighted by atomic mass is 35.5. The van der Waals surface area contributed by atoms with Gasteiger partial charge < -0.3 is 9.73 Å². The van der Waals surface area contributed by atoms with Crippen LogP contribution in [0, 0.1) is 0 Å². The van der Waals surface area contributed by atoms with E-state index in [0.29, 0.717) is 0 Å². The first-order valence-corrected chi connectivity index (χ1v) is 6.83. The van der Waals surface area contributed by atoms with E-state index in [2.05, 4.69) is 10.3 Å². The summed E-state index contributed by atoms with van der Waals surface area (Å²) in [6.07, 6.45) is 2.54. The summed E-state index contributed by atoms with van der Waals surface area (Å²) < 4.78 is 6.41. The Kier molecular flexibility index (Phi) is 3.21. The number of anilines is 1. The zero-order valence-electron chi connectivity index (χ0n) is 9.52. The molecule has 0 spiro atoms. The number of halogens is 1. The van der Waals surface area contributed by atoms with Crippen LogP contribution in [0.25, 0.3) is 10.2 Å². The number of hydrogen-bond donors (Lipinski definition) is 1. The minimum absolute atomic E-state index is 0.718. The van der Waals surface area contributed by atoms with Crippen molar-refractivity contribution in [2.45, 2.75) is 6.42 Å². The lowest BCUT2D eigenvalue weighted by atomic mass is 10.3. The highest BCUT2D eigenvalue weighted by molar-refractivity contribution is 7.22. The summed E-state index contributed by atoms with van der Waals surface area (Å²) in [6, 6.07) is 9.63. The molecule has 0 aliphatic rings. The minimum Gasteiger partial charge on any atom is -0.469 e. The molecule has 92 valence electrons. The van der Waals surface area contributed by atoms with Crippen LogP contribution in [-0.4, -0.2) is 11.5 Å². The highest BCUT2D eigenvalue weighted by Gasteiger charge is 2.04. The van der Waals surface area contributed by atoms with Crippen LogP contribution in [0.3, 0.4) is 0 Å². The van der Waals surface area contributed by atoms with Crippen molar-refractivity contribution in [1.82, 2.24) is 4.98 Å². The molecule has 0 aliphatic heterocycles. The number of rotatable bonds is 4. The van der Waals surface area contributed by atoms with Gasteiger partial charge in [-0.25, -0.2) is 4.98 Å². The Morgan fingerprint density at radius 2 is 2.28 bits per heavy atom. The van der Waals surface area contributed by atoms with E-state index in [4.69, 9.17) is 16.0 Å². The Morgan fingerprint density at radius 1 is 1.33 bits per heavy atom. The predicted molar refractivity (Wildman–Crippen MR) is 75.5 cm³/mol. The first-order valence-electron chi connectivity index (χ1n) is 5.63. The van der Waals surface area contributed by atoms with Gasteiger partial charge in [0.2, 0.25) is 0 Å². The molecule has 0 amide bonds. The standard InChI is InChI=1S/C13H11ClN2OS/c14-9-3-4-12-11(8-9)16-13(18-12)15-6-5-10-2-1-7-17-10/h1-4,7-8H,5-6H2,(H,15,16). The predicted octanol–water partition coefficient (Wildman–Crippen LogP) is 4.20. The van der Waals surface area contributed by atoms with Crippen molar-refractivity contribution >= 4 is 38.3 Å². The number of benzene rings is 1. The summed E-state index contributed by atoms with van der Waals surface area (Å²) in [5.41, 5.74) is 0.938. The van der Waals surface area contributed by atoms with Crippen molar-refractivity contribution in [3.05, 3.63) is 47.4 Å². The molecule has 3 aromatic rings. The molecule has 0 saturated carbocycles. The zero-order valence-corrected chi connectivity index (χ0v) is 11.1. The largest absolute Gasteiger partial charge is 0.469 e. The van der Waals surface area contributed by atoms with Gasteiger partial charge in [0.05, 0.1) is 16.5 Å². The zero-order chi connectivity index (χ0) is 12.4. The van der Waals surface area contributed by atoms with Crippen LogP contribution in [-0.2, 0) is 6.42 Å². The van der Waals surface area contributed by atoms with Gasteiger partial charge in [0, 0.05) is 18.0 Å². The highest BCUT2D eigenvalue weighted by Crippen LogP contribution is 2.27. The number of thiazole rings is 1. The van der Waals surface area contributed by atoms with Crippen LogP contribution in [0.1, 0.15) is 5.76 Å². The molecular formula is C13H11ClN2OS. The third kappa shape index (κ3) is 2.49. The van der Waals surface area contributed by atoms with Crippen LogP contribution in [0.5, 0.6) is 0 Å². The van der Waals surface area contributed by atoms with Crippen LogP contribution < -0.4 is 5.32 Å². The maximum atomic E-state index is 5.93. The first kappa shape index (κ1) is 11.6. The fourth-order valence-electron chi connectivity index (χ4n) is 1.72. The summed E-state index contributed by atoms with van der Waals surface area (Å²) in [6.45, 7) is 0.807. The molecule has 2 aromatic heterocycles. The Labute approximate surface area is 113 Å². The van der Waals surface area contributed by atoms with E-state index in [9.17, 15) is 0 Å². The number of furan rings is 1. The number of nitrogens with zero attached hydrogens (tertiary/aromatic N) is 1. The quantitative estimate of drug-likeness (QED) is 0.777. The fourth-order valence-corrected chi connectivity index (χ4v) is 2.76. The average molecular weight is 279 g/mol. The molecule has 0 aliphatic carbocycles. The average Bonchev–Trinajstić information content (AvgIpc) is 2.97. The maximum absolute atomic E-state index is 5.93. The minimum atomic E-state index is 0.718. The van der Waals surface area contributed by atoms with E-state index >= 15 is 0 Å². The summed E-state index contributed by atoms with van der Waals surface area (Å²) >= 11 is 7.56. The molecule has 3 rings (SSSR count). The van der Waals surface area contributed by atoms with Gasteiger partial charge in [-0.15, -0.1) is 0 Å². The van der Waals surface area contributed by atoms with Crippen LogP contribution in [0.15, 0.2) is 41.0 Å². The molecule has 1 N–H and O–H groups in total. The summed E-state index contributed by atoms with van der Waals surface area (Å²) in [5.74, 6) is 0.978. The van der Waals surface area contributed by atoms with Gasteiger partial charge >= 0.3 is 0 Å². The monoisotopic (exact) mass is 278 g/mol. The lowest BCUT2D eigenvalue weighted by molar-refractivity contribution is 0.513. The fraction of sp³-hybridized carbons (Fsp3) is 0.154. The number of hydrogen-bond acceptors (Lipinski definition) is 4. The van der Waals surface area contributed by atoms with E-state index in [1.165, 1.54) is 0 Å². The summed E-state index contributed by atoms with van der Waals surface area (Å²) in [4.78, 5) is 4.48. The molecule has 1 aromatic carbocycles. The van der Waals surface area contributed by atoms with Gasteiger partial charge in [0.15, 0.2) is 5.13 Å². The molecule has 0 bridgehead atoms. The van der Waals surface area contributed by atoms with Crippen LogP contribution >= 0.6 is 22.9 Å². The Morgan fingerprint density at radius 3 is 3.11 bits per heavy atom. The normalized spacial score (nSPS) is 10.9. The second-order valence-corrected chi connectivity index (χ2v) is 5.35. The van der Waals surface area contributed by atoms with Crippen molar-refractivity contribution in [2.24, 2.45) is 0 Å². The molecule has 0 saturated heterocycles. The van der Waals surface area contributed by atoms with Crippen molar-refractivity contribution in [2.75, 3.05) is 11.9 Å². The van der Waals surface area contributed by atoms with Crippen molar-refractivity contribution in [1.29, 1.82) is 0 Å². The lowest BCUT2D eigenvalue weighted by Crippen LogP contribution is -2.03. The van der Waals surface area contributed by atoms with Crippen molar-refractivity contribution in [3.63, 3.8) is 0 Å². The Balaban J connectivity index is 1.67. The van der Waals surface area contributed by atoms with Gasteiger partial charge in [0.25, 0.3) is 0 Å². The number of nitrogens with one attached hydrogen (secondary N) is 1. The molecule has 0 unspecified atom stereocenters. The third-order valence-corrected chi connectivity index (χ3v) is 3.81.